The summed E-state index contributed by atoms with van der Waals surface area (Å²) < 4.78 is 0. The van der Waals surface area contributed by atoms with E-state index in [2.05, 4.69) is 0 Å². The Kier molecular flexibility index (Phi) is 240. The Labute approximate surface area is 94.4 Å². The predicted octanol–water partition coefficient (Wildman–Crippen LogP) is -0.0125. The van der Waals surface area contributed by atoms with Crippen molar-refractivity contribution in [3.63, 3.8) is 0 Å². The summed E-state index contributed by atoms with van der Waals surface area (Å²) in [6.45, 7) is 0. The van der Waals surface area contributed by atoms with Gasteiger partial charge in [0.15, 0.2) is 0 Å². The van der Waals surface area contributed by atoms with Crippen molar-refractivity contribution in [3.8, 4) is 0 Å². The second kappa shape index (κ2) is 27.8. The molecule has 31 valence electrons. The van der Waals surface area contributed by atoms with E-state index in [9.17, 15) is 0 Å². The van der Waals surface area contributed by atoms with Crippen LogP contribution in [0.2, 0.25) is 0 Å². The molecule has 0 aromatic carbocycles. The van der Waals surface area contributed by atoms with Crippen molar-refractivity contribution in [2.75, 3.05) is 0 Å². The summed E-state index contributed by atoms with van der Waals surface area (Å²) >= 11 is 0. The van der Waals surface area contributed by atoms with Gasteiger partial charge in [-0.2, -0.15) is 0 Å². The third-order valence-electron chi connectivity index (χ3n) is 0. The fourth-order valence-corrected chi connectivity index (χ4v) is 0. The molecule has 0 nitrogen and oxygen atoms in total. The number of rotatable bonds is 0. The summed E-state index contributed by atoms with van der Waals surface area (Å²) in [5.74, 6) is 0. The number of hydrogen-bond donors (Lipinski definition) is 0. The smallest absolute Gasteiger partial charge is 0 e. The van der Waals surface area contributed by atoms with E-state index < -0.39 is 0 Å². The topological polar surface area (TPSA) is 0 Å². The van der Waals surface area contributed by atoms with E-state index in [1.165, 1.54) is 0 Å². The quantitative estimate of drug-likeness (QED) is 0.539. The van der Waals surface area contributed by atoms with Gasteiger partial charge < -0.3 is 0 Å². The van der Waals surface area contributed by atoms with Crippen LogP contribution in [0.25, 0.3) is 0 Å². The van der Waals surface area contributed by atoms with Crippen LogP contribution >= 0.6 is 0 Å². The summed E-state index contributed by atoms with van der Waals surface area (Å²) in [6, 6.07) is 0. The Balaban J connectivity index is 0. The van der Waals surface area contributed by atoms with Gasteiger partial charge in [-0.15, -0.1) is 0 Å². The first-order valence-electron chi connectivity index (χ1n) is 0. The molecule has 0 aromatic heterocycles. The fourth-order valence-electron chi connectivity index (χ4n) is 0. The molecule has 0 atom stereocenters. The molecule has 5 heteroatoms. The SMILES string of the molecule is [Mn].[Mn].[Mn].[Nb].[Nb]. The Morgan fingerprint density at radius 2 is 0.400 bits per heavy atom. The molecule has 5 heavy (non-hydrogen) atoms. The van der Waals surface area contributed by atoms with Gasteiger partial charge in [-0.3, -0.25) is 0 Å². The Morgan fingerprint density at radius 3 is 0.400 bits per heavy atom. The van der Waals surface area contributed by atoms with Crippen LogP contribution in [-0.2, 0) is 96.0 Å². The van der Waals surface area contributed by atoms with Crippen molar-refractivity contribution >= 4 is 0 Å². The molecular formula is Mn3Nb2. The van der Waals surface area contributed by atoms with E-state index >= 15 is 0 Å². The Bertz CT molecular complexity index is 4.85. The molecule has 0 amide bonds. The van der Waals surface area contributed by atoms with E-state index in [1.54, 1.807) is 0 Å². The van der Waals surface area contributed by atoms with Crippen LogP contribution < -0.4 is 0 Å². The molecular weight excluding hydrogens is 351 g/mol. The molecule has 5 radical (unpaired) electrons. The summed E-state index contributed by atoms with van der Waals surface area (Å²) in [5, 5.41) is 0. The van der Waals surface area contributed by atoms with Gasteiger partial charge in [-0.05, 0) is 0 Å². The summed E-state index contributed by atoms with van der Waals surface area (Å²) in [5.41, 5.74) is 0. The van der Waals surface area contributed by atoms with Gasteiger partial charge in [0, 0.05) is 96.0 Å². The van der Waals surface area contributed by atoms with Crippen LogP contribution in [0.15, 0.2) is 0 Å². The molecule has 0 aliphatic rings. The Hall–Kier alpha value is 3.04. The average Bonchev–Trinajstić information content (AvgIpc) is 0. The third kappa shape index (κ3) is 19.4. The van der Waals surface area contributed by atoms with Crippen molar-refractivity contribution in [3.05, 3.63) is 0 Å². The van der Waals surface area contributed by atoms with Gasteiger partial charge in [0.1, 0.15) is 0 Å². The fraction of sp³-hybridized carbons (Fsp3) is 0. The van der Waals surface area contributed by atoms with Crippen molar-refractivity contribution in [1.82, 2.24) is 0 Å². The maximum Gasteiger partial charge on any atom is 0 e. The van der Waals surface area contributed by atoms with Crippen LogP contribution in [0.5, 0.6) is 0 Å². The van der Waals surface area contributed by atoms with Crippen LogP contribution in [0.1, 0.15) is 0 Å². The first-order chi connectivity index (χ1) is 0. The predicted molar refractivity (Wildman–Crippen MR) is 0 cm³/mol. The van der Waals surface area contributed by atoms with Crippen molar-refractivity contribution in [2.45, 2.75) is 0 Å². The number of hydrogen-bond acceptors (Lipinski definition) is 0. The average molecular weight is 351 g/mol. The first kappa shape index (κ1) is 43.1. The molecule has 0 aliphatic carbocycles. The zero-order valence-corrected chi connectivity index (χ0v) is 9.97. The van der Waals surface area contributed by atoms with E-state index in [-0.39, 0.29) is 96.0 Å². The minimum atomic E-state index is 0. The molecule has 0 saturated heterocycles. The molecule has 0 heterocycles. The van der Waals surface area contributed by atoms with Crippen LogP contribution in [0.3, 0.4) is 0 Å². The second-order valence-corrected chi connectivity index (χ2v) is 0. The van der Waals surface area contributed by atoms with Gasteiger partial charge in [-0.1, -0.05) is 0 Å². The van der Waals surface area contributed by atoms with Crippen LogP contribution in [-0.4, -0.2) is 0 Å². The minimum Gasteiger partial charge on any atom is 0 e. The Morgan fingerprint density at radius 1 is 0.400 bits per heavy atom. The normalized spacial score (nSPS) is 0. The molecule has 0 aliphatic heterocycles. The molecule has 0 saturated carbocycles. The maximum absolute atomic E-state index is 0. The van der Waals surface area contributed by atoms with E-state index in [1.807, 2.05) is 0 Å². The zero-order chi connectivity index (χ0) is 0. The van der Waals surface area contributed by atoms with Crippen LogP contribution in [0.4, 0.5) is 0 Å². The summed E-state index contributed by atoms with van der Waals surface area (Å²) in [6.07, 6.45) is 0. The first-order valence-corrected chi connectivity index (χ1v) is 0. The van der Waals surface area contributed by atoms with Gasteiger partial charge in [-0.25, -0.2) is 0 Å². The summed E-state index contributed by atoms with van der Waals surface area (Å²) in [7, 11) is 0. The molecule has 0 rings (SSSR count). The molecule has 0 aromatic rings. The third-order valence-corrected chi connectivity index (χ3v) is 0. The van der Waals surface area contributed by atoms with E-state index in [0.29, 0.717) is 0 Å². The largest absolute Gasteiger partial charge is 0 e. The van der Waals surface area contributed by atoms with E-state index in [0.717, 1.165) is 0 Å². The second-order valence-electron chi connectivity index (χ2n) is 0. The maximum atomic E-state index is 0. The van der Waals surface area contributed by atoms with Crippen molar-refractivity contribution in [2.24, 2.45) is 0 Å². The molecule has 0 unspecified atom stereocenters. The van der Waals surface area contributed by atoms with Crippen molar-refractivity contribution in [1.29, 1.82) is 0 Å². The molecule has 0 spiro atoms. The monoisotopic (exact) mass is 351 g/mol. The standard InChI is InChI=1S/3Mn.2Nb. The van der Waals surface area contributed by atoms with Crippen LogP contribution in [0, 0.1) is 0 Å². The van der Waals surface area contributed by atoms with Gasteiger partial charge in [0.25, 0.3) is 0 Å². The zero-order valence-electron chi connectivity index (χ0n) is 2.03. The summed E-state index contributed by atoms with van der Waals surface area (Å²) in [4.78, 5) is 0. The van der Waals surface area contributed by atoms with Gasteiger partial charge in [0.05, 0.1) is 0 Å². The van der Waals surface area contributed by atoms with Gasteiger partial charge >= 0.3 is 0 Å². The van der Waals surface area contributed by atoms with Gasteiger partial charge in [0.2, 0.25) is 0 Å². The minimum absolute atomic E-state index is 0. The molecule has 0 N–H and O–H groups in total. The molecule has 0 fully saturated rings. The molecule has 0 bridgehead atoms. The van der Waals surface area contributed by atoms with E-state index in [4.69, 9.17) is 0 Å². The van der Waals surface area contributed by atoms with Crippen molar-refractivity contribution < 1.29 is 96.0 Å².